The van der Waals surface area contributed by atoms with E-state index < -0.39 is 0 Å². The second-order valence-electron chi connectivity index (χ2n) is 6.83. The van der Waals surface area contributed by atoms with Crippen molar-refractivity contribution < 1.29 is 4.79 Å². The van der Waals surface area contributed by atoms with Crippen molar-refractivity contribution in [3.05, 3.63) is 41.7 Å². The van der Waals surface area contributed by atoms with Crippen LogP contribution in [0.3, 0.4) is 0 Å². The molecule has 134 valence electrons. The molecule has 7 heteroatoms. The fraction of sp³-hybridized carbons (Fsp3) is 0.421. The molecule has 1 aliphatic rings. The van der Waals surface area contributed by atoms with Crippen molar-refractivity contribution in [2.24, 2.45) is 5.92 Å². The van der Waals surface area contributed by atoms with Gasteiger partial charge in [0.15, 0.2) is 11.5 Å². The Balaban J connectivity index is 1.51. The quantitative estimate of drug-likeness (QED) is 0.785. The number of hydrogen-bond donors (Lipinski definition) is 0. The Bertz CT molecular complexity index is 794. The number of anilines is 2. The van der Waals surface area contributed by atoms with E-state index in [-0.39, 0.29) is 5.78 Å². The smallest absolute Gasteiger partial charge is 0.163 e. The van der Waals surface area contributed by atoms with Gasteiger partial charge >= 0.3 is 0 Å². The van der Waals surface area contributed by atoms with Gasteiger partial charge in [-0.05, 0) is 36.1 Å². The molecule has 1 aliphatic heterocycles. The van der Waals surface area contributed by atoms with Crippen LogP contribution in [0.15, 0.2) is 30.5 Å². The minimum Gasteiger partial charge on any atom is -0.363 e. The molecular formula is C19H22N6O. The van der Waals surface area contributed by atoms with E-state index in [4.69, 9.17) is 5.26 Å². The average Bonchev–Trinajstić information content (AvgIpc) is 3.10. The number of nitriles is 1. The first-order valence-electron chi connectivity index (χ1n) is 8.68. The molecule has 7 nitrogen and oxygen atoms in total. The molecule has 0 aromatic carbocycles. The maximum Gasteiger partial charge on any atom is 0.163 e. The third-order valence-electron chi connectivity index (χ3n) is 4.56. The van der Waals surface area contributed by atoms with Gasteiger partial charge in [-0.1, -0.05) is 6.07 Å². The lowest BCUT2D eigenvalue weighted by Crippen LogP contribution is -2.22. The van der Waals surface area contributed by atoms with E-state index in [1.54, 1.807) is 12.3 Å². The molecule has 2 aromatic rings. The Hall–Kier alpha value is -3.01. The van der Waals surface area contributed by atoms with Crippen molar-refractivity contribution in [1.82, 2.24) is 15.2 Å². The maximum absolute atomic E-state index is 12.4. The molecule has 1 saturated heterocycles. The minimum absolute atomic E-state index is 0.238. The predicted molar refractivity (Wildman–Crippen MR) is 99.0 cm³/mol. The summed E-state index contributed by atoms with van der Waals surface area (Å²) < 4.78 is 0. The molecule has 0 spiro atoms. The number of Topliss-reactive ketones (excluding diaryl/α,β-unsaturated/α-hetero) is 1. The topological polar surface area (TPSA) is 86.0 Å². The SMILES string of the molecule is CN(C)c1ccc(CC(=O)C[C@H]2CCN(c3ccc(C#N)nn3)C2)cn1. The van der Waals surface area contributed by atoms with Crippen LogP contribution in [0.4, 0.5) is 11.6 Å². The van der Waals surface area contributed by atoms with Gasteiger partial charge in [0.1, 0.15) is 17.7 Å². The highest BCUT2D eigenvalue weighted by molar-refractivity contribution is 5.81. The molecule has 2 aromatic heterocycles. The van der Waals surface area contributed by atoms with Crippen LogP contribution in [0, 0.1) is 17.2 Å². The molecule has 0 N–H and O–H groups in total. The van der Waals surface area contributed by atoms with E-state index in [9.17, 15) is 4.79 Å². The summed E-state index contributed by atoms with van der Waals surface area (Å²) in [6, 6.07) is 9.35. The van der Waals surface area contributed by atoms with E-state index in [1.807, 2.05) is 43.3 Å². The number of carbonyl (C=O) groups excluding carboxylic acids is 1. The van der Waals surface area contributed by atoms with Gasteiger partial charge in [0.25, 0.3) is 0 Å². The highest BCUT2D eigenvalue weighted by Crippen LogP contribution is 2.24. The van der Waals surface area contributed by atoms with Crippen LogP contribution in [0.2, 0.25) is 0 Å². The van der Waals surface area contributed by atoms with Crippen LogP contribution in [0.1, 0.15) is 24.1 Å². The first kappa shape index (κ1) is 17.8. The Morgan fingerprint density at radius 3 is 2.77 bits per heavy atom. The van der Waals surface area contributed by atoms with Crippen LogP contribution in [-0.2, 0) is 11.2 Å². The summed E-state index contributed by atoms with van der Waals surface area (Å²) in [6.45, 7) is 1.65. The zero-order valence-corrected chi connectivity index (χ0v) is 15.1. The molecular weight excluding hydrogens is 328 g/mol. The second kappa shape index (κ2) is 7.91. The van der Waals surface area contributed by atoms with Crippen molar-refractivity contribution in [3.8, 4) is 6.07 Å². The Kier molecular flexibility index (Phi) is 5.42. The van der Waals surface area contributed by atoms with E-state index in [2.05, 4.69) is 20.1 Å². The predicted octanol–water partition coefficient (Wildman–Crippen LogP) is 1.84. The number of hydrogen-bond acceptors (Lipinski definition) is 7. The van der Waals surface area contributed by atoms with Crippen molar-refractivity contribution in [2.45, 2.75) is 19.3 Å². The summed E-state index contributed by atoms with van der Waals surface area (Å²) in [7, 11) is 3.88. The number of pyridine rings is 1. The highest BCUT2D eigenvalue weighted by atomic mass is 16.1. The van der Waals surface area contributed by atoms with Gasteiger partial charge in [0.2, 0.25) is 0 Å². The van der Waals surface area contributed by atoms with E-state index >= 15 is 0 Å². The van der Waals surface area contributed by atoms with Crippen LogP contribution in [0.5, 0.6) is 0 Å². The van der Waals surface area contributed by atoms with Gasteiger partial charge in [0.05, 0.1) is 0 Å². The number of ketones is 1. The zero-order chi connectivity index (χ0) is 18.5. The Morgan fingerprint density at radius 2 is 2.15 bits per heavy atom. The molecule has 0 aliphatic carbocycles. The molecule has 3 heterocycles. The van der Waals surface area contributed by atoms with E-state index in [1.165, 1.54) is 0 Å². The van der Waals surface area contributed by atoms with Crippen molar-refractivity contribution in [1.29, 1.82) is 5.26 Å². The molecule has 0 radical (unpaired) electrons. The van der Waals surface area contributed by atoms with Crippen molar-refractivity contribution in [2.75, 3.05) is 37.0 Å². The number of aromatic nitrogens is 3. The van der Waals surface area contributed by atoms with E-state index in [0.29, 0.717) is 24.5 Å². The third-order valence-corrected chi connectivity index (χ3v) is 4.56. The monoisotopic (exact) mass is 350 g/mol. The summed E-state index contributed by atoms with van der Waals surface area (Å²) in [5.74, 6) is 2.22. The van der Waals surface area contributed by atoms with Crippen LogP contribution in [-0.4, -0.2) is 48.1 Å². The second-order valence-corrected chi connectivity index (χ2v) is 6.83. The summed E-state index contributed by atoms with van der Waals surface area (Å²) in [4.78, 5) is 20.8. The molecule has 1 atom stereocenters. The van der Waals surface area contributed by atoms with E-state index in [0.717, 1.165) is 36.7 Å². The van der Waals surface area contributed by atoms with Gasteiger partial charge < -0.3 is 9.80 Å². The number of rotatable bonds is 6. The van der Waals surface area contributed by atoms with Crippen LogP contribution >= 0.6 is 0 Å². The lowest BCUT2D eigenvalue weighted by molar-refractivity contribution is -0.119. The van der Waals surface area contributed by atoms with Gasteiger partial charge in [-0.25, -0.2) is 4.98 Å². The minimum atomic E-state index is 0.238. The molecule has 1 fully saturated rings. The Labute approximate surface area is 153 Å². The Morgan fingerprint density at radius 1 is 1.31 bits per heavy atom. The lowest BCUT2D eigenvalue weighted by atomic mass is 9.98. The molecule has 0 saturated carbocycles. The summed E-state index contributed by atoms with van der Waals surface area (Å²) in [5, 5.41) is 16.8. The first-order chi connectivity index (χ1) is 12.5. The van der Waals surface area contributed by atoms with Gasteiger partial charge in [0, 0.05) is 46.2 Å². The van der Waals surface area contributed by atoms with Crippen LogP contribution < -0.4 is 9.80 Å². The number of carbonyl (C=O) groups is 1. The molecule has 0 amide bonds. The van der Waals surface area contributed by atoms with Gasteiger partial charge in [-0.3, -0.25) is 4.79 Å². The average molecular weight is 350 g/mol. The largest absolute Gasteiger partial charge is 0.363 e. The number of nitrogens with zero attached hydrogens (tertiary/aromatic N) is 6. The normalized spacial score (nSPS) is 16.3. The first-order valence-corrected chi connectivity index (χ1v) is 8.68. The molecule has 26 heavy (non-hydrogen) atoms. The fourth-order valence-corrected chi connectivity index (χ4v) is 3.17. The van der Waals surface area contributed by atoms with Crippen molar-refractivity contribution >= 4 is 17.4 Å². The fourth-order valence-electron chi connectivity index (χ4n) is 3.17. The lowest BCUT2D eigenvalue weighted by Gasteiger charge is -2.16. The maximum atomic E-state index is 12.4. The molecule has 0 bridgehead atoms. The third kappa shape index (κ3) is 4.33. The van der Waals surface area contributed by atoms with Crippen LogP contribution in [0.25, 0.3) is 0 Å². The van der Waals surface area contributed by atoms with Crippen molar-refractivity contribution in [3.63, 3.8) is 0 Å². The standard InChI is InChI=1S/C19H22N6O/c1-24(2)18-5-3-14(12-21-18)9-17(26)10-15-7-8-25(13-15)19-6-4-16(11-20)22-23-19/h3-6,12,15H,7-10,13H2,1-2H3/t15-/m1/s1. The van der Waals surface area contributed by atoms with Gasteiger partial charge in [-0.2, -0.15) is 5.26 Å². The summed E-state index contributed by atoms with van der Waals surface area (Å²) in [5.41, 5.74) is 1.27. The summed E-state index contributed by atoms with van der Waals surface area (Å²) >= 11 is 0. The molecule has 0 unspecified atom stereocenters. The molecule has 3 rings (SSSR count). The van der Waals surface area contributed by atoms with Gasteiger partial charge in [-0.15, -0.1) is 10.2 Å². The zero-order valence-electron chi connectivity index (χ0n) is 15.1. The summed E-state index contributed by atoms with van der Waals surface area (Å²) in [6.07, 6.45) is 3.73. The highest BCUT2D eigenvalue weighted by Gasteiger charge is 2.25.